The van der Waals surface area contributed by atoms with Crippen molar-refractivity contribution in [3.05, 3.63) is 23.8 Å². The number of nitrogens with one attached hydrogen (secondary N) is 2. The molecule has 0 bridgehead atoms. The lowest BCUT2D eigenvalue weighted by Crippen LogP contribution is -2.47. The molecule has 2 aliphatic heterocycles. The van der Waals surface area contributed by atoms with Gasteiger partial charge < -0.3 is 20.3 Å². The largest absolute Gasteiger partial charge is 0.384 e. The topological polar surface area (TPSA) is 70.7 Å². The summed E-state index contributed by atoms with van der Waals surface area (Å²) in [4.78, 5) is 26.3. The minimum Gasteiger partial charge on any atom is -0.384 e. The lowest BCUT2D eigenvalue weighted by Gasteiger charge is -2.35. The van der Waals surface area contributed by atoms with Gasteiger partial charge in [0, 0.05) is 32.0 Å². The third-order valence-corrected chi connectivity index (χ3v) is 5.08. The first kappa shape index (κ1) is 16.9. The summed E-state index contributed by atoms with van der Waals surface area (Å²) >= 11 is 0. The van der Waals surface area contributed by atoms with Crippen LogP contribution in [0.1, 0.15) is 25.3 Å². The van der Waals surface area contributed by atoms with Crippen LogP contribution in [-0.4, -0.2) is 45.2 Å². The lowest BCUT2D eigenvalue weighted by molar-refractivity contribution is -0.130. The average Bonchev–Trinajstić information content (AvgIpc) is 2.99. The Morgan fingerprint density at radius 2 is 2.08 bits per heavy atom. The normalized spacial score (nSPS) is 19.0. The minimum absolute atomic E-state index is 0.0206. The highest BCUT2D eigenvalue weighted by Crippen LogP contribution is 2.33. The second-order valence-electron chi connectivity index (χ2n) is 6.68. The Morgan fingerprint density at radius 3 is 2.75 bits per heavy atom. The Bertz CT molecular complexity index is 633. The molecule has 130 valence electrons. The summed E-state index contributed by atoms with van der Waals surface area (Å²) in [6.45, 7) is 4.38. The van der Waals surface area contributed by atoms with Gasteiger partial charge in [-0.3, -0.25) is 9.59 Å². The van der Waals surface area contributed by atoms with E-state index >= 15 is 0 Å². The van der Waals surface area contributed by atoms with Gasteiger partial charge >= 0.3 is 0 Å². The molecule has 1 fully saturated rings. The molecule has 1 aromatic carbocycles. The quantitative estimate of drug-likeness (QED) is 0.878. The molecule has 0 aromatic heterocycles. The number of carbonyl (C=O) groups is 2. The van der Waals surface area contributed by atoms with E-state index in [-0.39, 0.29) is 11.8 Å². The molecule has 6 nitrogen and oxygen atoms in total. The molecule has 2 heterocycles. The van der Waals surface area contributed by atoms with Crippen molar-refractivity contribution in [3.8, 4) is 0 Å². The van der Waals surface area contributed by atoms with E-state index in [9.17, 15) is 9.59 Å². The maximum absolute atomic E-state index is 12.9. The zero-order valence-corrected chi connectivity index (χ0v) is 14.4. The molecule has 0 saturated carbocycles. The van der Waals surface area contributed by atoms with Crippen molar-refractivity contribution in [1.29, 1.82) is 0 Å². The number of fused-ring (bicyclic) bond motifs is 1. The van der Waals surface area contributed by atoms with Crippen LogP contribution in [0.15, 0.2) is 18.2 Å². The molecule has 3 rings (SSSR count). The van der Waals surface area contributed by atoms with E-state index in [1.807, 2.05) is 18.2 Å². The fraction of sp³-hybridized carbons (Fsp3) is 0.556. The van der Waals surface area contributed by atoms with E-state index in [1.165, 1.54) is 0 Å². The van der Waals surface area contributed by atoms with Crippen LogP contribution in [-0.2, 0) is 20.7 Å². The fourth-order valence-corrected chi connectivity index (χ4v) is 3.69. The fourth-order valence-electron chi connectivity index (χ4n) is 3.69. The van der Waals surface area contributed by atoms with E-state index in [1.54, 1.807) is 18.9 Å². The molecular formula is C18H25N3O3. The molecular weight excluding hydrogens is 306 g/mol. The van der Waals surface area contributed by atoms with Crippen molar-refractivity contribution in [2.45, 2.75) is 26.2 Å². The van der Waals surface area contributed by atoms with Gasteiger partial charge in [0.05, 0.1) is 12.0 Å². The summed E-state index contributed by atoms with van der Waals surface area (Å²) in [6, 6.07) is 5.78. The van der Waals surface area contributed by atoms with Crippen LogP contribution in [0, 0.1) is 5.41 Å². The Kier molecular flexibility index (Phi) is 4.87. The number of hydrogen-bond acceptors (Lipinski definition) is 4. The first-order valence-corrected chi connectivity index (χ1v) is 8.48. The predicted molar refractivity (Wildman–Crippen MR) is 93.2 cm³/mol. The molecule has 0 spiro atoms. The number of methoxy groups -OCH3 is 1. The molecule has 0 unspecified atom stereocenters. The second kappa shape index (κ2) is 6.91. The monoisotopic (exact) mass is 331 g/mol. The number of carbonyl (C=O) groups excluding carboxylic acids is 2. The first-order chi connectivity index (χ1) is 11.6. The lowest BCUT2D eigenvalue weighted by atomic mass is 9.78. The summed E-state index contributed by atoms with van der Waals surface area (Å²) in [7, 11) is 1.64. The van der Waals surface area contributed by atoms with Crippen LogP contribution in [0.2, 0.25) is 0 Å². The van der Waals surface area contributed by atoms with Crippen LogP contribution in [0.5, 0.6) is 0 Å². The van der Waals surface area contributed by atoms with E-state index in [0.717, 1.165) is 49.3 Å². The van der Waals surface area contributed by atoms with E-state index in [4.69, 9.17) is 4.74 Å². The van der Waals surface area contributed by atoms with Crippen molar-refractivity contribution < 1.29 is 14.3 Å². The molecule has 2 amide bonds. The van der Waals surface area contributed by atoms with Gasteiger partial charge in [-0.05, 0) is 56.1 Å². The van der Waals surface area contributed by atoms with Gasteiger partial charge in [-0.25, -0.2) is 0 Å². The molecule has 1 saturated heterocycles. The van der Waals surface area contributed by atoms with Crippen LogP contribution in [0.4, 0.5) is 11.4 Å². The first-order valence-electron chi connectivity index (χ1n) is 8.48. The Hall–Kier alpha value is -1.92. The second-order valence-corrected chi connectivity index (χ2v) is 6.68. The summed E-state index contributed by atoms with van der Waals surface area (Å²) in [6.07, 6.45) is 2.37. The van der Waals surface area contributed by atoms with Crippen molar-refractivity contribution in [2.24, 2.45) is 5.41 Å². The van der Waals surface area contributed by atoms with Crippen LogP contribution in [0.3, 0.4) is 0 Å². The van der Waals surface area contributed by atoms with Crippen molar-refractivity contribution in [3.63, 3.8) is 0 Å². The van der Waals surface area contributed by atoms with E-state index in [0.29, 0.717) is 13.2 Å². The minimum atomic E-state index is -0.468. The molecule has 24 heavy (non-hydrogen) atoms. The number of ether oxygens (including phenoxy) is 1. The highest BCUT2D eigenvalue weighted by atomic mass is 16.5. The van der Waals surface area contributed by atoms with Crippen molar-refractivity contribution in [2.75, 3.05) is 43.6 Å². The molecule has 0 atom stereocenters. The van der Waals surface area contributed by atoms with Crippen LogP contribution in [0.25, 0.3) is 0 Å². The van der Waals surface area contributed by atoms with E-state index in [2.05, 4.69) is 10.6 Å². The van der Waals surface area contributed by atoms with Gasteiger partial charge in [0.25, 0.3) is 0 Å². The number of anilines is 2. The zero-order valence-electron chi connectivity index (χ0n) is 14.4. The Labute approximate surface area is 142 Å². The molecule has 1 aromatic rings. The number of nitrogens with zero attached hydrogens (tertiary/aromatic N) is 1. The molecule has 0 radical (unpaired) electrons. The van der Waals surface area contributed by atoms with Gasteiger partial charge in [-0.2, -0.15) is 0 Å². The third kappa shape index (κ3) is 3.16. The third-order valence-electron chi connectivity index (χ3n) is 5.08. The summed E-state index contributed by atoms with van der Waals surface area (Å²) in [5.41, 5.74) is 2.38. The Morgan fingerprint density at radius 1 is 1.33 bits per heavy atom. The molecule has 2 N–H and O–H groups in total. The number of piperidine rings is 1. The number of amides is 2. The maximum Gasteiger partial charge on any atom is 0.233 e. The highest BCUT2D eigenvalue weighted by Gasteiger charge is 2.39. The molecule has 0 aliphatic carbocycles. The SMILES string of the molecule is COCC1(C(=O)Nc2ccc3c(c2)CCN3C(C)=O)CCNCC1. The highest BCUT2D eigenvalue weighted by molar-refractivity contribution is 5.97. The number of rotatable bonds is 4. The molecule has 2 aliphatic rings. The van der Waals surface area contributed by atoms with Gasteiger partial charge in [0.2, 0.25) is 11.8 Å². The summed E-state index contributed by atoms with van der Waals surface area (Å²) in [5, 5.41) is 6.35. The van der Waals surface area contributed by atoms with Crippen molar-refractivity contribution in [1.82, 2.24) is 5.32 Å². The maximum atomic E-state index is 12.9. The van der Waals surface area contributed by atoms with Gasteiger partial charge in [-0.15, -0.1) is 0 Å². The van der Waals surface area contributed by atoms with Gasteiger partial charge in [0.1, 0.15) is 0 Å². The average molecular weight is 331 g/mol. The zero-order chi connectivity index (χ0) is 17.2. The van der Waals surface area contributed by atoms with Crippen molar-refractivity contribution >= 4 is 23.2 Å². The van der Waals surface area contributed by atoms with Crippen LogP contribution < -0.4 is 15.5 Å². The van der Waals surface area contributed by atoms with Gasteiger partial charge in [0.15, 0.2) is 0 Å². The number of hydrogen-bond donors (Lipinski definition) is 2. The summed E-state index contributed by atoms with van der Waals surface area (Å²) < 4.78 is 5.33. The number of benzene rings is 1. The summed E-state index contributed by atoms with van der Waals surface area (Å²) in [5.74, 6) is 0.0755. The predicted octanol–water partition coefficient (Wildman–Crippen LogP) is 1.55. The smallest absolute Gasteiger partial charge is 0.233 e. The van der Waals surface area contributed by atoms with Gasteiger partial charge in [-0.1, -0.05) is 0 Å². The Balaban J connectivity index is 1.76. The van der Waals surface area contributed by atoms with Crippen LogP contribution >= 0.6 is 0 Å². The van der Waals surface area contributed by atoms with E-state index < -0.39 is 5.41 Å². The molecule has 6 heteroatoms. The standard InChI is InChI=1S/C18H25N3O3/c1-13(22)21-10-5-14-11-15(3-4-16(14)21)20-17(23)18(12-24-2)6-8-19-9-7-18/h3-4,11,19H,5-10,12H2,1-2H3,(H,20,23).